The number of rotatable bonds is 7. The summed E-state index contributed by atoms with van der Waals surface area (Å²) in [5, 5.41) is 3.60. The molecule has 1 saturated carbocycles. The zero-order valence-electron chi connectivity index (χ0n) is 17.7. The highest BCUT2D eigenvalue weighted by molar-refractivity contribution is 6.32. The Kier molecular flexibility index (Phi) is 7.03. The molecule has 2 aromatic carbocycles. The lowest BCUT2D eigenvalue weighted by Gasteiger charge is -2.29. The highest BCUT2D eigenvalue weighted by atomic mass is 35.5. The average molecular weight is 430 g/mol. The summed E-state index contributed by atoms with van der Waals surface area (Å²) >= 11 is 6.45. The molecule has 5 nitrogen and oxygen atoms in total. The second-order valence-corrected chi connectivity index (χ2v) is 8.17. The summed E-state index contributed by atoms with van der Waals surface area (Å²) in [6.07, 6.45) is 4.17. The van der Waals surface area contributed by atoms with Gasteiger partial charge in [0.25, 0.3) is 0 Å². The van der Waals surface area contributed by atoms with Crippen LogP contribution < -0.4 is 10.1 Å². The second kappa shape index (κ2) is 9.52. The van der Waals surface area contributed by atoms with Crippen LogP contribution in [0, 0.1) is 0 Å². The van der Waals surface area contributed by atoms with Crippen molar-refractivity contribution in [2.24, 2.45) is 0 Å². The van der Waals surface area contributed by atoms with E-state index in [9.17, 15) is 9.59 Å². The molecule has 1 fully saturated rings. The topological polar surface area (TPSA) is 64.6 Å². The first-order valence-corrected chi connectivity index (χ1v) is 10.7. The molecular weight excluding hydrogens is 402 g/mol. The van der Waals surface area contributed by atoms with Gasteiger partial charge in [-0.1, -0.05) is 49.6 Å². The number of anilines is 1. The lowest BCUT2D eigenvalue weighted by Crippen LogP contribution is -2.38. The Morgan fingerprint density at radius 3 is 2.50 bits per heavy atom. The van der Waals surface area contributed by atoms with Crippen LogP contribution in [0.3, 0.4) is 0 Å². The van der Waals surface area contributed by atoms with E-state index in [1.807, 2.05) is 38.1 Å². The minimum absolute atomic E-state index is 0.0455. The molecule has 3 rings (SSSR count). The van der Waals surface area contributed by atoms with Crippen LogP contribution in [0.1, 0.15) is 61.9 Å². The third-order valence-electron chi connectivity index (χ3n) is 5.83. The highest BCUT2D eigenvalue weighted by Crippen LogP contribution is 2.44. The number of amides is 1. The summed E-state index contributed by atoms with van der Waals surface area (Å²) in [6, 6.07) is 12.6. The molecule has 0 aliphatic heterocycles. The van der Waals surface area contributed by atoms with Crippen molar-refractivity contribution in [1.82, 2.24) is 0 Å². The molecular formula is C24H28ClNO4. The van der Waals surface area contributed by atoms with E-state index >= 15 is 0 Å². The molecule has 1 atom stereocenters. The van der Waals surface area contributed by atoms with Crippen molar-refractivity contribution in [2.75, 3.05) is 12.4 Å². The summed E-state index contributed by atoms with van der Waals surface area (Å²) < 4.78 is 10.8. The van der Waals surface area contributed by atoms with E-state index in [2.05, 4.69) is 5.32 Å². The minimum Gasteiger partial charge on any atom is -0.490 e. The van der Waals surface area contributed by atoms with E-state index in [4.69, 9.17) is 21.1 Å². The predicted molar refractivity (Wildman–Crippen MR) is 118 cm³/mol. The third-order valence-corrected chi connectivity index (χ3v) is 6.16. The van der Waals surface area contributed by atoms with Crippen molar-refractivity contribution in [3.63, 3.8) is 0 Å². The minimum atomic E-state index is -0.671. The number of benzene rings is 2. The van der Waals surface area contributed by atoms with E-state index in [1.54, 1.807) is 18.2 Å². The Morgan fingerprint density at radius 2 is 1.87 bits per heavy atom. The van der Waals surface area contributed by atoms with Crippen LogP contribution in [0.15, 0.2) is 42.5 Å². The largest absolute Gasteiger partial charge is 0.490 e. The van der Waals surface area contributed by atoms with E-state index in [0.29, 0.717) is 16.5 Å². The summed E-state index contributed by atoms with van der Waals surface area (Å²) in [5.41, 5.74) is 0.992. The molecule has 0 heterocycles. The Bertz CT molecular complexity index is 921. The molecule has 0 radical (unpaired) electrons. The number of nitrogens with one attached hydrogen (secondary N) is 1. The van der Waals surface area contributed by atoms with Crippen molar-refractivity contribution in [2.45, 2.75) is 57.5 Å². The SMILES string of the molecule is CCC(C)Oc1ccc(NC(=O)C2(c3ccccc3Cl)CCCC2)cc1C(=O)OC. The second-order valence-electron chi connectivity index (χ2n) is 7.76. The van der Waals surface area contributed by atoms with Gasteiger partial charge in [-0.3, -0.25) is 4.79 Å². The average Bonchev–Trinajstić information content (AvgIpc) is 3.25. The van der Waals surface area contributed by atoms with Gasteiger partial charge in [0.1, 0.15) is 11.3 Å². The Morgan fingerprint density at radius 1 is 1.17 bits per heavy atom. The molecule has 0 spiro atoms. The molecule has 160 valence electrons. The number of carbonyl (C=O) groups excluding carboxylic acids is 2. The molecule has 30 heavy (non-hydrogen) atoms. The number of halogens is 1. The number of ether oxygens (including phenoxy) is 2. The first-order valence-electron chi connectivity index (χ1n) is 10.4. The molecule has 1 aliphatic rings. The maximum absolute atomic E-state index is 13.4. The molecule has 0 saturated heterocycles. The van der Waals surface area contributed by atoms with Gasteiger partial charge >= 0.3 is 5.97 Å². The lowest BCUT2D eigenvalue weighted by molar-refractivity contribution is -0.121. The van der Waals surface area contributed by atoms with Crippen LogP contribution >= 0.6 is 11.6 Å². The van der Waals surface area contributed by atoms with Crippen molar-refractivity contribution >= 4 is 29.2 Å². The fourth-order valence-corrected chi connectivity index (χ4v) is 4.29. The van der Waals surface area contributed by atoms with Crippen molar-refractivity contribution in [3.05, 3.63) is 58.6 Å². The number of esters is 1. The molecule has 6 heteroatoms. The van der Waals surface area contributed by atoms with Crippen LogP contribution in [0.4, 0.5) is 5.69 Å². The molecule has 1 aliphatic carbocycles. The number of hydrogen-bond acceptors (Lipinski definition) is 4. The Balaban J connectivity index is 1.92. The summed E-state index contributed by atoms with van der Waals surface area (Å²) in [5.74, 6) is -0.179. The van der Waals surface area contributed by atoms with Gasteiger partial charge < -0.3 is 14.8 Å². The molecule has 1 amide bonds. The molecule has 1 unspecified atom stereocenters. The van der Waals surface area contributed by atoms with Gasteiger partial charge in [-0.05, 0) is 56.0 Å². The third kappa shape index (κ3) is 4.46. The van der Waals surface area contributed by atoms with E-state index in [-0.39, 0.29) is 17.6 Å². The lowest BCUT2D eigenvalue weighted by atomic mass is 9.78. The van der Waals surface area contributed by atoms with Gasteiger partial charge in [0.15, 0.2) is 0 Å². The van der Waals surface area contributed by atoms with Crippen LogP contribution in [0.25, 0.3) is 0 Å². The highest BCUT2D eigenvalue weighted by Gasteiger charge is 2.44. The summed E-state index contributed by atoms with van der Waals surface area (Å²) in [4.78, 5) is 25.7. The first kappa shape index (κ1) is 22.2. The molecule has 1 N–H and O–H groups in total. The maximum atomic E-state index is 13.4. The zero-order chi connectivity index (χ0) is 21.7. The molecule has 0 bridgehead atoms. The van der Waals surface area contributed by atoms with Gasteiger partial charge in [0.05, 0.1) is 18.6 Å². The quantitative estimate of drug-likeness (QED) is 0.568. The van der Waals surface area contributed by atoms with Crippen molar-refractivity contribution in [3.8, 4) is 5.75 Å². The van der Waals surface area contributed by atoms with Crippen LogP contribution in [0.2, 0.25) is 5.02 Å². The van der Waals surface area contributed by atoms with Gasteiger partial charge in [-0.25, -0.2) is 4.79 Å². The van der Waals surface area contributed by atoms with E-state index in [1.165, 1.54) is 7.11 Å². The zero-order valence-corrected chi connectivity index (χ0v) is 18.4. The number of hydrogen-bond donors (Lipinski definition) is 1. The van der Waals surface area contributed by atoms with Crippen molar-refractivity contribution < 1.29 is 19.1 Å². The van der Waals surface area contributed by atoms with Crippen LogP contribution in [-0.2, 0) is 14.9 Å². The smallest absolute Gasteiger partial charge is 0.341 e. The maximum Gasteiger partial charge on any atom is 0.341 e. The fraction of sp³-hybridized carbons (Fsp3) is 0.417. The first-order chi connectivity index (χ1) is 14.4. The van der Waals surface area contributed by atoms with E-state index in [0.717, 1.165) is 37.7 Å². The van der Waals surface area contributed by atoms with Crippen LogP contribution in [-0.4, -0.2) is 25.1 Å². The summed E-state index contributed by atoms with van der Waals surface area (Å²) in [7, 11) is 1.32. The van der Waals surface area contributed by atoms with Gasteiger partial charge in [-0.2, -0.15) is 0 Å². The van der Waals surface area contributed by atoms with Gasteiger partial charge in [-0.15, -0.1) is 0 Å². The number of carbonyl (C=O) groups is 2. The monoisotopic (exact) mass is 429 g/mol. The Labute approximate surface area is 182 Å². The predicted octanol–water partition coefficient (Wildman–Crippen LogP) is 5.75. The van der Waals surface area contributed by atoms with Crippen molar-refractivity contribution in [1.29, 1.82) is 0 Å². The van der Waals surface area contributed by atoms with E-state index < -0.39 is 11.4 Å². The standard InChI is InChI=1S/C24H28ClNO4/c1-4-16(2)30-21-12-11-17(15-18(21)22(27)29-3)26-23(28)24(13-7-8-14-24)19-9-5-6-10-20(19)25/h5-6,9-12,15-16H,4,7-8,13-14H2,1-3H3,(H,26,28). The van der Waals surface area contributed by atoms with Gasteiger partial charge in [0, 0.05) is 10.7 Å². The van der Waals surface area contributed by atoms with Crippen LogP contribution in [0.5, 0.6) is 5.75 Å². The Hall–Kier alpha value is -2.53. The normalized spacial score (nSPS) is 16.0. The fourth-order valence-electron chi connectivity index (χ4n) is 3.98. The molecule has 2 aromatic rings. The summed E-state index contributed by atoms with van der Waals surface area (Å²) in [6.45, 7) is 3.94. The number of methoxy groups -OCH3 is 1. The van der Waals surface area contributed by atoms with Gasteiger partial charge in [0.2, 0.25) is 5.91 Å². The molecule has 0 aromatic heterocycles.